The second-order valence-corrected chi connectivity index (χ2v) is 15.1. The number of thiazole rings is 1. The summed E-state index contributed by atoms with van der Waals surface area (Å²) >= 11 is 1.57. The van der Waals surface area contributed by atoms with E-state index in [0.717, 1.165) is 99.1 Å². The predicted molar refractivity (Wildman–Crippen MR) is 249 cm³/mol. The van der Waals surface area contributed by atoms with E-state index in [0.29, 0.717) is 0 Å². The fourth-order valence-electron chi connectivity index (χ4n) is 8.59. The topological polar surface area (TPSA) is 63.2 Å². The van der Waals surface area contributed by atoms with Gasteiger partial charge in [-0.25, -0.2) is 4.98 Å². The normalized spacial score (nSPS) is 11.1. The van der Waals surface area contributed by atoms with Crippen LogP contribution in [0.4, 0.5) is 0 Å². The van der Waals surface area contributed by atoms with Crippen LogP contribution in [0.2, 0.25) is 0 Å². The average molecular weight is 960 g/mol. The molecule has 2 N–H and O–H groups in total. The molecule has 0 aliphatic carbocycles. The minimum absolute atomic E-state index is 0. The third kappa shape index (κ3) is 6.28. The Balaban J connectivity index is 0.00000166. The Morgan fingerprint density at radius 3 is 1.13 bits per heavy atom. The number of phenolic OH excluding ortho intramolecular Hbond substituents is 2. The maximum Gasteiger partial charge on any atom is 0.147 e. The summed E-state index contributed by atoms with van der Waals surface area (Å²) in [5.41, 5.74) is 11.5. The Labute approximate surface area is 371 Å². The first-order valence-electron chi connectivity index (χ1n) is 18.9. The van der Waals surface area contributed by atoms with E-state index in [1.54, 1.807) is 11.3 Å². The smallest absolute Gasteiger partial charge is 0.147 e. The molecule has 60 heavy (non-hydrogen) atoms. The van der Waals surface area contributed by atoms with Crippen LogP contribution < -0.4 is 0 Å². The molecule has 290 valence electrons. The number of phenols is 2. The standard InChI is InChI=1S/C51H33N3O2S.2CH3.Hf/c55-49-39(23-13-29-47(49)53-43-25-9-5-18-35(43)36-19-6-10-26-44(36)53)32-15-1-3-17-34(32)42-31-57-51(52-42)41-22-4-2-16-33(41)40-24-14-30-48(50(40)56)54-45-27-11-7-20-37(45)38-21-8-12-28-46(38)54;;;/h1-31,55-56H;2*1H3;/q;2*-1;. The molecule has 11 aromatic rings. The van der Waals surface area contributed by atoms with Gasteiger partial charge in [0.15, 0.2) is 0 Å². The molecule has 0 bridgehead atoms. The van der Waals surface area contributed by atoms with Crippen molar-refractivity contribution in [3.8, 4) is 67.0 Å². The van der Waals surface area contributed by atoms with Gasteiger partial charge in [-0.3, -0.25) is 0 Å². The third-order valence-electron chi connectivity index (χ3n) is 11.1. The molecule has 0 unspecified atom stereocenters. The number of benzene rings is 8. The molecular formula is C53H39HfN3O2S-2. The number of para-hydroxylation sites is 6. The van der Waals surface area contributed by atoms with Gasteiger partial charge in [-0.05, 0) is 47.5 Å². The van der Waals surface area contributed by atoms with E-state index >= 15 is 0 Å². The first kappa shape index (κ1) is 40.2. The van der Waals surface area contributed by atoms with Gasteiger partial charge in [-0.15, -0.1) is 11.3 Å². The van der Waals surface area contributed by atoms with Crippen LogP contribution in [0.3, 0.4) is 0 Å². The summed E-state index contributed by atoms with van der Waals surface area (Å²) in [6.45, 7) is 0. The molecule has 7 heteroatoms. The maximum absolute atomic E-state index is 12.1. The monoisotopic (exact) mass is 961 g/mol. The number of rotatable bonds is 6. The van der Waals surface area contributed by atoms with E-state index in [4.69, 9.17) is 4.98 Å². The van der Waals surface area contributed by atoms with Gasteiger partial charge in [0.1, 0.15) is 16.5 Å². The van der Waals surface area contributed by atoms with Crippen LogP contribution in [-0.2, 0) is 25.8 Å². The largest absolute Gasteiger partial charge is 0.505 e. The van der Waals surface area contributed by atoms with E-state index < -0.39 is 0 Å². The summed E-state index contributed by atoms with van der Waals surface area (Å²) in [5.74, 6) is 0.410. The fraction of sp³-hybridized carbons (Fsp3) is 0. The van der Waals surface area contributed by atoms with Gasteiger partial charge in [-0.2, -0.15) is 0 Å². The molecule has 0 radical (unpaired) electrons. The van der Waals surface area contributed by atoms with Gasteiger partial charge in [0.05, 0.1) is 39.1 Å². The molecule has 0 atom stereocenters. The van der Waals surface area contributed by atoms with Crippen molar-refractivity contribution < 1.29 is 36.1 Å². The summed E-state index contributed by atoms with van der Waals surface area (Å²) in [5, 5.41) is 31.7. The Morgan fingerprint density at radius 2 is 0.700 bits per heavy atom. The first-order chi connectivity index (χ1) is 28.2. The van der Waals surface area contributed by atoms with Crippen molar-refractivity contribution >= 4 is 54.9 Å². The van der Waals surface area contributed by atoms with Gasteiger partial charge >= 0.3 is 0 Å². The SMILES string of the molecule is Oc1c(-c2ccccc2-c2csc(-c3ccccc3-c3cccc(-n4c5ccccc5c5ccccc54)c3O)n2)cccc1-n1c2ccccc2c2ccccc21.[CH3-].[CH3-].[Hf]. The van der Waals surface area contributed by atoms with Crippen LogP contribution >= 0.6 is 11.3 Å². The zero-order valence-electron chi connectivity index (χ0n) is 33.0. The molecule has 8 aromatic carbocycles. The van der Waals surface area contributed by atoms with E-state index in [2.05, 4.69) is 99.4 Å². The van der Waals surface area contributed by atoms with Gasteiger partial charge in [0, 0.05) is 75.0 Å². The second-order valence-electron chi connectivity index (χ2n) is 14.2. The molecule has 3 aromatic heterocycles. The molecular weight excluding hydrogens is 921 g/mol. The molecule has 0 saturated heterocycles. The third-order valence-corrected chi connectivity index (χ3v) is 12.0. The van der Waals surface area contributed by atoms with Gasteiger partial charge < -0.3 is 34.2 Å². The van der Waals surface area contributed by atoms with Gasteiger partial charge in [0.25, 0.3) is 0 Å². The van der Waals surface area contributed by atoms with E-state index in [1.807, 2.05) is 97.1 Å². The molecule has 0 aliphatic rings. The van der Waals surface area contributed by atoms with Gasteiger partial charge in [-0.1, -0.05) is 146 Å². The Bertz CT molecular complexity index is 3030. The molecule has 0 aliphatic heterocycles. The van der Waals surface area contributed by atoms with Crippen molar-refractivity contribution in [3.05, 3.63) is 202 Å². The summed E-state index contributed by atoms with van der Waals surface area (Å²) in [7, 11) is 0. The summed E-state index contributed by atoms with van der Waals surface area (Å²) in [4.78, 5) is 5.24. The van der Waals surface area contributed by atoms with Gasteiger partial charge in [0.2, 0.25) is 0 Å². The van der Waals surface area contributed by atoms with Crippen molar-refractivity contribution in [2.75, 3.05) is 0 Å². The number of aromatic nitrogens is 3. The number of nitrogens with zero attached hydrogens (tertiary/aromatic N) is 3. The van der Waals surface area contributed by atoms with Crippen LogP contribution in [0.15, 0.2) is 187 Å². The number of hydrogen-bond acceptors (Lipinski definition) is 4. The Hall–Kier alpha value is -6.54. The quantitative estimate of drug-likeness (QED) is 0.129. The van der Waals surface area contributed by atoms with Crippen molar-refractivity contribution in [2.45, 2.75) is 0 Å². The summed E-state index contributed by atoms with van der Waals surface area (Å²) < 4.78 is 4.30. The molecule has 0 fully saturated rings. The Kier molecular flexibility index (Phi) is 10.9. The van der Waals surface area contributed by atoms with Crippen molar-refractivity contribution in [1.82, 2.24) is 14.1 Å². The van der Waals surface area contributed by atoms with Crippen molar-refractivity contribution in [3.63, 3.8) is 0 Å². The van der Waals surface area contributed by atoms with Crippen LogP contribution in [0.25, 0.3) is 99.1 Å². The minimum Gasteiger partial charge on any atom is -0.505 e. The van der Waals surface area contributed by atoms with E-state index in [-0.39, 0.29) is 52.2 Å². The van der Waals surface area contributed by atoms with E-state index in [1.165, 1.54) is 0 Å². The number of aromatic hydroxyl groups is 2. The molecule has 3 heterocycles. The van der Waals surface area contributed by atoms with E-state index in [9.17, 15) is 10.2 Å². The minimum atomic E-state index is 0. The molecule has 5 nitrogen and oxygen atoms in total. The van der Waals surface area contributed by atoms with Crippen LogP contribution in [0.5, 0.6) is 11.5 Å². The van der Waals surface area contributed by atoms with Crippen molar-refractivity contribution in [2.24, 2.45) is 0 Å². The van der Waals surface area contributed by atoms with Crippen LogP contribution in [-0.4, -0.2) is 24.3 Å². The molecule has 0 spiro atoms. The first-order valence-corrected chi connectivity index (χ1v) is 19.8. The van der Waals surface area contributed by atoms with Crippen LogP contribution in [0.1, 0.15) is 0 Å². The number of hydrogen-bond donors (Lipinski definition) is 2. The van der Waals surface area contributed by atoms with Crippen molar-refractivity contribution in [1.29, 1.82) is 0 Å². The predicted octanol–water partition coefficient (Wildman–Crippen LogP) is 14.3. The molecule has 11 rings (SSSR count). The second kappa shape index (κ2) is 16.3. The number of fused-ring (bicyclic) bond motifs is 6. The molecule has 0 amide bonds. The zero-order chi connectivity index (χ0) is 38.0. The zero-order valence-corrected chi connectivity index (χ0v) is 37.5. The fourth-order valence-corrected chi connectivity index (χ4v) is 9.45. The molecule has 0 saturated carbocycles. The summed E-state index contributed by atoms with van der Waals surface area (Å²) in [6.07, 6.45) is 0. The van der Waals surface area contributed by atoms with Crippen LogP contribution in [0, 0.1) is 14.9 Å². The summed E-state index contributed by atoms with van der Waals surface area (Å²) in [6, 6.07) is 61.5. The average Bonchev–Trinajstić information content (AvgIpc) is 3.98. The Morgan fingerprint density at radius 1 is 0.367 bits per heavy atom. The maximum atomic E-state index is 12.1.